The molecule has 19 heavy (non-hydrogen) atoms. The van der Waals surface area contributed by atoms with Crippen molar-refractivity contribution in [2.45, 2.75) is 24.6 Å². The first-order valence-electron chi connectivity index (χ1n) is 6.39. The molecule has 102 valence electrons. The zero-order valence-electron chi connectivity index (χ0n) is 10.7. The molecule has 0 aromatic carbocycles. The number of nitrogens with two attached hydrogens (primary N) is 1. The number of anilines is 1. The highest BCUT2D eigenvalue weighted by Gasteiger charge is 2.52. The molecule has 4 unspecified atom stereocenters. The van der Waals surface area contributed by atoms with E-state index < -0.39 is 5.97 Å². The minimum absolute atomic E-state index is 0.00538. The summed E-state index contributed by atoms with van der Waals surface area (Å²) in [7, 11) is 1.35. The van der Waals surface area contributed by atoms with E-state index in [0.29, 0.717) is 17.3 Å². The van der Waals surface area contributed by atoms with Crippen molar-refractivity contribution >= 4 is 11.8 Å². The number of hydrogen-bond acceptors (Lipinski definition) is 6. The number of pyridine rings is 1. The van der Waals surface area contributed by atoms with Crippen molar-refractivity contribution in [1.29, 1.82) is 0 Å². The second kappa shape index (κ2) is 4.79. The molecule has 1 saturated heterocycles. The number of nitrogens with zero attached hydrogens (tertiary/aromatic N) is 1. The number of fused-ring (bicyclic) bond motifs is 1. The molecule has 3 rings (SSSR count). The summed E-state index contributed by atoms with van der Waals surface area (Å²) in [5.41, 5.74) is 6.54. The largest absolute Gasteiger partial charge is 0.465 e. The van der Waals surface area contributed by atoms with Crippen LogP contribution in [0, 0.1) is 5.92 Å². The molecular weight excluding hydrogens is 246 g/mol. The van der Waals surface area contributed by atoms with Crippen molar-refractivity contribution in [1.82, 2.24) is 4.98 Å². The molecule has 0 radical (unpaired) electrons. The van der Waals surface area contributed by atoms with Crippen molar-refractivity contribution in [3.05, 3.63) is 23.9 Å². The number of hydrogen-bond donors (Lipinski definition) is 2. The summed E-state index contributed by atoms with van der Waals surface area (Å²) in [6.07, 6.45) is 2.77. The molecular formula is C13H17N3O3. The van der Waals surface area contributed by atoms with Gasteiger partial charge >= 0.3 is 5.97 Å². The van der Waals surface area contributed by atoms with Crippen LogP contribution >= 0.6 is 0 Å². The summed E-state index contributed by atoms with van der Waals surface area (Å²) in [6, 6.07) is 3.43. The number of rotatable bonds is 3. The van der Waals surface area contributed by atoms with Crippen LogP contribution in [0.5, 0.6) is 0 Å². The van der Waals surface area contributed by atoms with Gasteiger partial charge in [-0.2, -0.15) is 0 Å². The quantitative estimate of drug-likeness (QED) is 0.767. The first kappa shape index (κ1) is 12.4. The van der Waals surface area contributed by atoms with Crippen molar-refractivity contribution < 1.29 is 14.3 Å². The lowest BCUT2D eigenvalue weighted by atomic mass is 9.72. The SMILES string of the molecule is COC(=O)c1cccnc1NC1C(N)C2CCOC21. The van der Waals surface area contributed by atoms with Gasteiger partial charge in [0.15, 0.2) is 0 Å². The maximum Gasteiger partial charge on any atom is 0.341 e. The smallest absolute Gasteiger partial charge is 0.341 e. The van der Waals surface area contributed by atoms with E-state index in [1.54, 1.807) is 18.3 Å². The first-order chi connectivity index (χ1) is 9.22. The third-order valence-electron chi connectivity index (χ3n) is 3.96. The standard InChI is InChI=1S/C13H17N3O3/c1-18-13(17)8-3-2-5-15-12(8)16-10-9(14)7-4-6-19-11(7)10/h2-3,5,7,9-11H,4,6,14H2,1H3,(H,15,16). The molecule has 0 amide bonds. The Balaban J connectivity index is 1.78. The molecule has 1 saturated carbocycles. The van der Waals surface area contributed by atoms with E-state index in [0.717, 1.165) is 13.0 Å². The van der Waals surface area contributed by atoms with Gasteiger partial charge in [0, 0.05) is 24.8 Å². The zero-order valence-corrected chi connectivity index (χ0v) is 10.7. The Bertz CT molecular complexity index is 494. The van der Waals surface area contributed by atoms with E-state index >= 15 is 0 Å². The fourth-order valence-corrected chi connectivity index (χ4v) is 2.88. The third kappa shape index (κ3) is 1.97. The van der Waals surface area contributed by atoms with E-state index in [4.69, 9.17) is 15.2 Å². The zero-order chi connectivity index (χ0) is 13.4. The summed E-state index contributed by atoms with van der Waals surface area (Å²) < 4.78 is 10.4. The maximum absolute atomic E-state index is 11.7. The summed E-state index contributed by atoms with van der Waals surface area (Å²) >= 11 is 0. The van der Waals surface area contributed by atoms with Crippen LogP contribution in [0.2, 0.25) is 0 Å². The average Bonchev–Trinajstić information content (AvgIpc) is 2.89. The van der Waals surface area contributed by atoms with Crippen LogP contribution in [-0.4, -0.2) is 42.9 Å². The van der Waals surface area contributed by atoms with Crippen molar-refractivity contribution in [2.75, 3.05) is 19.0 Å². The van der Waals surface area contributed by atoms with Gasteiger partial charge < -0.3 is 20.5 Å². The minimum atomic E-state index is -0.410. The molecule has 0 spiro atoms. The fraction of sp³-hybridized carbons (Fsp3) is 0.538. The van der Waals surface area contributed by atoms with Crippen molar-refractivity contribution in [3.8, 4) is 0 Å². The lowest BCUT2D eigenvalue weighted by Gasteiger charge is -2.46. The number of carbonyl (C=O) groups excluding carboxylic acids is 1. The first-order valence-corrected chi connectivity index (χ1v) is 6.39. The number of ether oxygens (including phenoxy) is 2. The highest BCUT2D eigenvalue weighted by molar-refractivity contribution is 5.94. The topological polar surface area (TPSA) is 86.5 Å². The van der Waals surface area contributed by atoms with Crippen LogP contribution in [0.3, 0.4) is 0 Å². The molecule has 6 nitrogen and oxygen atoms in total. The van der Waals surface area contributed by atoms with E-state index in [-0.39, 0.29) is 18.2 Å². The number of aromatic nitrogens is 1. The summed E-state index contributed by atoms with van der Waals surface area (Å²) in [5.74, 6) is 0.513. The number of nitrogens with one attached hydrogen (secondary N) is 1. The second-order valence-electron chi connectivity index (χ2n) is 4.93. The predicted octanol–water partition coefficient (Wildman–Crippen LogP) is 0.395. The Morgan fingerprint density at radius 1 is 1.63 bits per heavy atom. The highest BCUT2D eigenvalue weighted by Crippen LogP contribution is 2.39. The van der Waals surface area contributed by atoms with Gasteiger partial charge in [0.2, 0.25) is 0 Å². The van der Waals surface area contributed by atoms with Gasteiger partial charge in [0.1, 0.15) is 11.4 Å². The molecule has 3 N–H and O–H groups in total. The number of carbonyl (C=O) groups is 1. The second-order valence-corrected chi connectivity index (χ2v) is 4.93. The van der Waals surface area contributed by atoms with E-state index in [9.17, 15) is 4.79 Å². The van der Waals surface area contributed by atoms with Crippen molar-refractivity contribution in [2.24, 2.45) is 11.7 Å². The summed E-state index contributed by atoms with van der Waals surface area (Å²) in [6.45, 7) is 0.757. The fourth-order valence-electron chi connectivity index (χ4n) is 2.88. The van der Waals surface area contributed by atoms with Gasteiger partial charge in [-0.25, -0.2) is 9.78 Å². The number of methoxy groups -OCH3 is 1. The molecule has 2 aliphatic rings. The molecule has 2 heterocycles. The van der Waals surface area contributed by atoms with Gasteiger partial charge in [-0.05, 0) is 18.6 Å². The van der Waals surface area contributed by atoms with Gasteiger partial charge in [0.05, 0.1) is 19.3 Å². The van der Waals surface area contributed by atoms with E-state index in [1.807, 2.05) is 0 Å². The third-order valence-corrected chi connectivity index (χ3v) is 3.96. The molecule has 1 aliphatic heterocycles. The minimum Gasteiger partial charge on any atom is -0.465 e. The van der Waals surface area contributed by atoms with E-state index in [2.05, 4.69) is 10.3 Å². The lowest BCUT2D eigenvalue weighted by molar-refractivity contribution is 0.00516. The Morgan fingerprint density at radius 3 is 3.26 bits per heavy atom. The normalized spacial score (nSPS) is 32.3. The monoisotopic (exact) mass is 263 g/mol. The van der Waals surface area contributed by atoms with Gasteiger partial charge in [0.25, 0.3) is 0 Å². The van der Waals surface area contributed by atoms with Crippen LogP contribution in [0.25, 0.3) is 0 Å². The van der Waals surface area contributed by atoms with Crippen LogP contribution in [-0.2, 0) is 9.47 Å². The van der Waals surface area contributed by atoms with E-state index in [1.165, 1.54) is 7.11 Å². The maximum atomic E-state index is 11.7. The number of esters is 1. The van der Waals surface area contributed by atoms with Crippen LogP contribution in [0.4, 0.5) is 5.82 Å². The molecule has 1 aliphatic carbocycles. The highest BCUT2D eigenvalue weighted by atomic mass is 16.5. The predicted molar refractivity (Wildman–Crippen MR) is 68.8 cm³/mol. The molecule has 6 heteroatoms. The van der Waals surface area contributed by atoms with Crippen LogP contribution in [0.1, 0.15) is 16.8 Å². The van der Waals surface area contributed by atoms with Gasteiger partial charge in [-0.1, -0.05) is 0 Å². The Morgan fingerprint density at radius 2 is 2.47 bits per heavy atom. The van der Waals surface area contributed by atoms with Gasteiger partial charge in [-0.3, -0.25) is 0 Å². The summed E-state index contributed by atoms with van der Waals surface area (Å²) in [4.78, 5) is 15.9. The van der Waals surface area contributed by atoms with Crippen LogP contribution in [0.15, 0.2) is 18.3 Å². The van der Waals surface area contributed by atoms with Crippen molar-refractivity contribution in [3.63, 3.8) is 0 Å². The summed E-state index contributed by atoms with van der Waals surface area (Å²) in [5, 5.41) is 3.22. The Labute approximate surface area is 111 Å². The average molecular weight is 263 g/mol. The lowest BCUT2D eigenvalue weighted by Crippen LogP contribution is -2.65. The molecule has 1 aromatic rings. The van der Waals surface area contributed by atoms with Crippen LogP contribution < -0.4 is 11.1 Å². The Kier molecular flexibility index (Phi) is 3.12. The molecule has 0 bridgehead atoms. The Hall–Kier alpha value is -1.66. The van der Waals surface area contributed by atoms with Gasteiger partial charge in [-0.15, -0.1) is 0 Å². The molecule has 2 fully saturated rings. The molecule has 4 atom stereocenters. The molecule has 1 aromatic heterocycles.